The molecule has 1 aromatic carbocycles. The van der Waals surface area contributed by atoms with Gasteiger partial charge < -0.3 is 15.2 Å². The van der Waals surface area contributed by atoms with Crippen molar-refractivity contribution in [1.29, 1.82) is 0 Å². The second-order valence-corrected chi connectivity index (χ2v) is 3.52. The van der Waals surface area contributed by atoms with Gasteiger partial charge in [0.25, 0.3) is 0 Å². The molecule has 0 heterocycles. The lowest BCUT2D eigenvalue weighted by molar-refractivity contribution is -0.167. The van der Waals surface area contributed by atoms with Gasteiger partial charge in [0.1, 0.15) is 0 Å². The van der Waals surface area contributed by atoms with Crippen LogP contribution in [0.5, 0.6) is 5.75 Å². The maximum atomic E-state index is 13.5. The number of halogens is 4. The Morgan fingerprint density at radius 2 is 1.95 bits per heavy atom. The highest BCUT2D eigenvalue weighted by atomic mass is 19.4. The normalized spacial score (nSPS) is 11.1. The third-order valence-corrected chi connectivity index (χ3v) is 2.11. The Kier molecular flexibility index (Phi) is 4.53. The van der Waals surface area contributed by atoms with Crippen LogP contribution in [-0.2, 0) is 4.79 Å². The van der Waals surface area contributed by atoms with Crippen LogP contribution in [-0.4, -0.2) is 29.8 Å². The van der Waals surface area contributed by atoms with Crippen molar-refractivity contribution in [2.45, 2.75) is 13.1 Å². The number of rotatable bonds is 4. The molecule has 0 bridgehead atoms. The van der Waals surface area contributed by atoms with Crippen molar-refractivity contribution in [3.05, 3.63) is 23.5 Å². The average molecular weight is 295 g/mol. The second-order valence-electron chi connectivity index (χ2n) is 3.52. The Morgan fingerprint density at radius 3 is 2.40 bits per heavy atom. The predicted octanol–water partition coefficient (Wildman–Crippen LogP) is 2.42. The summed E-state index contributed by atoms with van der Waals surface area (Å²) in [6.07, 6.45) is -5.22. The summed E-state index contributed by atoms with van der Waals surface area (Å²) in [6.45, 7) is 1.55. The van der Waals surface area contributed by atoms with Crippen molar-refractivity contribution >= 4 is 17.6 Å². The molecule has 5 nitrogen and oxygen atoms in total. The van der Waals surface area contributed by atoms with Crippen LogP contribution in [0.1, 0.15) is 17.3 Å². The van der Waals surface area contributed by atoms with E-state index in [-0.39, 0.29) is 6.61 Å². The van der Waals surface area contributed by atoms with Gasteiger partial charge in [-0.2, -0.15) is 13.2 Å². The van der Waals surface area contributed by atoms with E-state index in [1.54, 1.807) is 0 Å². The van der Waals surface area contributed by atoms with E-state index in [2.05, 4.69) is 0 Å². The zero-order chi connectivity index (χ0) is 15.5. The Morgan fingerprint density at radius 1 is 1.35 bits per heavy atom. The van der Waals surface area contributed by atoms with E-state index < -0.39 is 40.9 Å². The Balaban J connectivity index is 3.22. The third-order valence-electron chi connectivity index (χ3n) is 2.11. The van der Waals surface area contributed by atoms with Gasteiger partial charge in [0, 0.05) is 6.07 Å². The number of carbonyl (C=O) groups excluding carboxylic acids is 1. The fourth-order valence-electron chi connectivity index (χ4n) is 1.29. The first-order valence-electron chi connectivity index (χ1n) is 5.24. The molecule has 20 heavy (non-hydrogen) atoms. The highest BCUT2D eigenvalue weighted by molar-refractivity contribution is 6.02. The van der Waals surface area contributed by atoms with Crippen LogP contribution < -0.4 is 10.1 Å². The van der Waals surface area contributed by atoms with E-state index in [4.69, 9.17) is 9.84 Å². The Labute approximate surface area is 110 Å². The maximum absolute atomic E-state index is 13.5. The number of amides is 1. The minimum atomic E-state index is -5.22. The first kappa shape index (κ1) is 15.7. The van der Waals surface area contributed by atoms with Crippen molar-refractivity contribution < 1.29 is 37.0 Å². The van der Waals surface area contributed by atoms with Crippen molar-refractivity contribution in [2.24, 2.45) is 0 Å². The van der Waals surface area contributed by atoms with Crippen LogP contribution in [0.15, 0.2) is 12.1 Å². The minimum Gasteiger partial charge on any atom is -0.491 e. The van der Waals surface area contributed by atoms with Gasteiger partial charge in [-0.15, -0.1) is 0 Å². The summed E-state index contributed by atoms with van der Waals surface area (Å²) < 4.78 is 54.5. The van der Waals surface area contributed by atoms with Gasteiger partial charge in [0.2, 0.25) is 0 Å². The number of carbonyl (C=O) groups is 2. The average Bonchev–Trinajstić information content (AvgIpc) is 2.30. The van der Waals surface area contributed by atoms with Crippen LogP contribution in [0.3, 0.4) is 0 Å². The number of hydrogen-bond acceptors (Lipinski definition) is 3. The number of benzene rings is 1. The molecule has 0 saturated carbocycles. The molecule has 0 aliphatic carbocycles. The topological polar surface area (TPSA) is 75.6 Å². The molecule has 0 unspecified atom stereocenters. The number of nitrogens with one attached hydrogen (secondary N) is 1. The summed E-state index contributed by atoms with van der Waals surface area (Å²) in [7, 11) is 0. The van der Waals surface area contributed by atoms with Crippen molar-refractivity contribution in [1.82, 2.24) is 0 Å². The number of anilines is 1. The van der Waals surface area contributed by atoms with Crippen LogP contribution in [0.2, 0.25) is 0 Å². The van der Waals surface area contributed by atoms with Crippen LogP contribution in [0.4, 0.5) is 23.2 Å². The van der Waals surface area contributed by atoms with E-state index in [9.17, 15) is 27.2 Å². The molecule has 0 fully saturated rings. The van der Waals surface area contributed by atoms with Crippen LogP contribution in [0.25, 0.3) is 0 Å². The van der Waals surface area contributed by atoms with Gasteiger partial charge in [-0.1, -0.05) is 0 Å². The molecular weight excluding hydrogens is 286 g/mol. The summed E-state index contributed by atoms with van der Waals surface area (Å²) in [5.74, 6) is -5.56. The van der Waals surface area contributed by atoms with Crippen molar-refractivity contribution in [3.8, 4) is 5.75 Å². The standard InChI is InChI=1S/C11H9F4NO4/c1-2-20-8-3-5(9(17)18)7(4-6(8)12)16-10(19)11(13,14)15/h3-4H,2H2,1H3,(H,16,19)(H,17,18). The number of ether oxygens (including phenoxy) is 1. The number of carboxylic acid groups (broad SMARTS) is 1. The zero-order valence-electron chi connectivity index (χ0n) is 10.0. The molecule has 0 aromatic heterocycles. The largest absolute Gasteiger partial charge is 0.491 e. The first-order chi connectivity index (χ1) is 9.16. The minimum absolute atomic E-state index is 0.0320. The molecular formula is C11H9F4NO4. The van der Waals surface area contributed by atoms with Gasteiger partial charge in [0.15, 0.2) is 11.6 Å². The SMILES string of the molecule is CCOc1cc(C(=O)O)c(NC(=O)C(F)(F)F)cc1F. The second kappa shape index (κ2) is 5.76. The molecule has 1 amide bonds. The molecule has 0 spiro atoms. The fourth-order valence-corrected chi connectivity index (χ4v) is 1.29. The van der Waals surface area contributed by atoms with Crippen molar-refractivity contribution in [2.75, 3.05) is 11.9 Å². The van der Waals surface area contributed by atoms with E-state index >= 15 is 0 Å². The highest BCUT2D eigenvalue weighted by Crippen LogP contribution is 2.28. The quantitative estimate of drug-likeness (QED) is 0.836. The summed E-state index contributed by atoms with van der Waals surface area (Å²) in [6, 6.07) is 1.16. The van der Waals surface area contributed by atoms with Crippen molar-refractivity contribution in [3.63, 3.8) is 0 Å². The molecule has 0 saturated heterocycles. The number of aromatic carboxylic acids is 1. The van der Waals surface area contributed by atoms with Gasteiger partial charge in [-0.05, 0) is 13.0 Å². The molecule has 1 rings (SSSR count). The Bertz CT molecular complexity index is 542. The van der Waals surface area contributed by atoms with Gasteiger partial charge in [-0.25, -0.2) is 9.18 Å². The number of carboxylic acids is 1. The van der Waals surface area contributed by atoms with Gasteiger partial charge in [0.05, 0.1) is 17.9 Å². The smallest absolute Gasteiger partial charge is 0.471 e. The van der Waals surface area contributed by atoms with Crippen LogP contribution in [0, 0.1) is 5.82 Å². The molecule has 110 valence electrons. The highest BCUT2D eigenvalue weighted by Gasteiger charge is 2.39. The summed E-state index contributed by atoms with van der Waals surface area (Å²) >= 11 is 0. The van der Waals surface area contributed by atoms with Gasteiger partial charge >= 0.3 is 18.1 Å². The lowest BCUT2D eigenvalue weighted by atomic mass is 10.1. The lowest BCUT2D eigenvalue weighted by Crippen LogP contribution is -2.30. The maximum Gasteiger partial charge on any atom is 0.471 e. The summed E-state index contributed by atoms with van der Waals surface area (Å²) in [4.78, 5) is 21.7. The number of hydrogen-bond donors (Lipinski definition) is 2. The Hall–Kier alpha value is -2.32. The van der Waals surface area contributed by atoms with E-state index in [1.807, 2.05) is 0 Å². The third kappa shape index (κ3) is 3.59. The summed E-state index contributed by atoms with van der Waals surface area (Å²) in [5.41, 5.74) is -1.52. The molecule has 2 N–H and O–H groups in total. The monoisotopic (exact) mass is 295 g/mol. The molecule has 0 aliphatic heterocycles. The van der Waals surface area contributed by atoms with Crippen LogP contribution >= 0.6 is 0 Å². The van der Waals surface area contributed by atoms with Gasteiger partial charge in [-0.3, -0.25) is 4.79 Å². The molecule has 1 aromatic rings. The summed E-state index contributed by atoms with van der Waals surface area (Å²) in [5, 5.41) is 10.2. The predicted molar refractivity (Wildman–Crippen MR) is 59.2 cm³/mol. The first-order valence-corrected chi connectivity index (χ1v) is 5.24. The lowest BCUT2D eigenvalue weighted by Gasteiger charge is -2.12. The molecule has 0 atom stereocenters. The van der Waals surface area contributed by atoms with E-state index in [0.717, 1.165) is 0 Å². The fraction of sp³-hybridized carbons (Fsp3) is 0.273. The molecule has 0 radical (unpaired) electrons. The molecule has 0 aliphatic rings. The van der Waals surface area contributed by atoms with E-state index in [0.29, 0.717) is 12.1 Å². The zero-order valence-corrected chi connectivity index (χ0v) is 10.0. The number of alkyl halides is 3. The van der Waals surface area contributed by atoms with E-state index in [1.165, 1.54) is 12.2 Å². The molecule has 9 heteroatoms.